The fourth-order valence-corrected chi connectivity index (χ4v) is 5.26. The second kappa shape index (κ2) is 10.3. The van der Waals surface area contributed by atoms with Crippen molar-refractivity contribution in [2.75, 3.05) is 17.3 Å². The standard InChI is InChI=1S/C30H28N2O5/c1-37-22-13-11-20(12-14-22)30-29-24(17-21(18-26(29)33)19-7-3-2-4-8-19)31-23-9-5-6-10-25(23)32(30)27(34)15-16-28(35)36/h2-14,21,30-31H,15-18H2,1H3,(H,35,36)/t21-,30-/m0/s1. The number of carbonyl (C=O) groups is 3. The van der Waals surface area contributed by atoms with E-state index in [4.69, 9.17) is 4.74 Å². The number of Topliss-reactive ketones (excluding diaryl/α,β-unsaturated/α-hetero) is 1. The van der Waals surface area contributed by atoms with Crippen LogP contribution in [0.5, 0.6) is 5.75 Å². The van der Waals surface area contributed by atoms with Gasteiger partial charge in [0.2, 0.25) is 5.91 Å². The van der Waals surface area contributed by atoms with Gasteiger partial charge < -0.3 is 15.2 Å². The maximum atomic E-state index is 13.9. The van der Waals surface area contributed by atoms with Crippen LogP contribution in [-0.4, -0.2) is 29.9 Å². The molecule has 2 N–H and O–H groups in total. The summed E-state index contributed by atoms with van der Waals surface area (Å²) in [6, 6.07) is 24.0. The molecule has 0 bridgehead atoms. The van der Waals surface area contributed by atoms with Crippen LogP contribution >= 0.6 is 0 Å². The van der Waals surface area contributed by atoms with Crippen LogP contribution in [0.2, 0.25) is 0 Å². The Hall–Kier alpha value is -4.39. The SMILES string of the molecule is COc1ccc([C@H]2C3=C(C[C@H](c4ccccc4)CC3=O)Nc3ccccc3N2C(=O)CCC(=O)O)cc1. The van der Waals surface area contributed by atoms with E-state index in [-0.39, 0.29) is 30.4 Å². The maximum absolute atomic E-state index is 13.9. The minimum Gasteiger partial charge on any atom is -0.497 e. The van der Waals surface area contributed by atoms with Gasteiger partial charge in [-0.1, -0.05) is 54.6 Å². The van der Waals surface area contributed by atoms with Gasteiger partial charge in [0, 0.05) is 24.1 Å². The number of methoxy groups -OCH3 is 1. The highest BCUT2D eigenvalue weighted by Gasteiger charge is 2.41. The fraction of sp³-hybridized carbons (Fsp3) is 0.233. The molecule has 1 aliphatic carbocycles. The summed E-state index contributed by atoms with van der Waals surface area (Å²) < 4.78 is 5.33. The van der Waals surface area contributed by atoms with Crippen molar-refractivity contribution >= 4 is 29.0 Å². The number of para-hydroxylation sites is 2. The molecule has 188 valence electrons. The van der Waals surface area contributed by atoms with Crippen molar-refractivity contribution in [2.45, 2.75) is 37.6 Å². The van der Waals surface area contributed by atoms with Crippen LogP contribution in [0.25, 0.3) is 0 Å². The maximum Gasteiger partial charge on any atom is 0.303 e. The minimum atomic E-state index is -1.05. The first-order valence-electron chi connectivity index (χ1n) is 12.3. The Labute approximate surface area is 215 Å². The van der Waals surface area contributed by atoms with E-state index in [2.05, 4.69) is 5.32 Å². The number of nitrogens with one attached hydrogen (secondary N) is 1. The van der Waals surface area contributed by atoms with Crippen molar-refractivity contribution in [2.24, 2.45) is 0 Å². The molecule has 7 nitrogen and oxygen atoms in total. The van der Waals surface area contributed by atoms with Gasteiger partial charge in [-0.2, -0.15) is 0 Å². The van der Waals surface area contributed by atoms with Crippen molar-refractivity contribution in [1.29, 1.82) is 0 Å². The summed E-state index contributed by atoms with van der Waals surface area (Å²) in [5, 5.41) is 12.7. The number of rotatable bonds is 6. The lowest BCUT2D eigenvalue weighted by atomic mass is 9.78. The van der Waals surface area contributed by atoms with E-state index in [1.807, 2.05) is 66.7 Å². The number of nitrogens with zero attached hydrogens (tertiary/aromatic N) is 1. The number of benzene rings is 3. The first-order valence-corrected chi connectivity index (χ1v) is 12.3. The van der Waals surface area contributed by atoms with Crippen molar-refractivity contribution in [1.82, 2.24) is 0 Å². The summed E-state index contributed by atoms with van der Waals surface area (Å²) in [7, 11) is 1.58. The second-order valence-electron chi connectivity index (χ2n) is 9.31. The third-order valence-corrected chi connectivity index (χ3v) is 7.01. The van der Waals surface area contributed by atoms with Crippen molar-refractivity contribution in [3.8, 4) is 5.75 Å². The zero-order valence-corrected chi connectivity index (χ0v) is 20.5. The van der Waals surface area contributed by atoms with Crippen LogP contribution < -0.4 is 15.0 Å². The summed E-state index contributed by atoms with van der Waals surface area (Å²) in [4.78, 5) is 40.5. The number of anilines is 2. The number of ether oxygens (including phenoxy) is 1. The monoisotopic (exact) mass is 496 g/mol. The van der Waals surface area contributed by atoms with Gasteiger partial charge >= 0.3 is 5.97 Å². The molecule has 5 rings (SSSR count). The number of aliphatic carboxylic acids is 1. The molecule has 2 aliphatic rings. The second-order valence-corrected chi connectivity index (χ2v) is 9.31. The van der Waals surface area contributed by atoms with Gasteiger partial charge in [0.25, 0.3) is 0 Å². The highest BCUT2D eigenvalue weighted by Crippen LogP contribution is 2.47. The first kappa shape index (κ1) is 24.3. The number of hydrogen-bond acceptors (Lipinski definition) is 5. The predicted molar refractivity (Wildman–Crippen MR) is 141 cm³/mol. The molecule has 0 saturated carbocycles. The van der Waals surface area contributed by atoms with Crippen molar-refractivity contribution < 1.29 is 24.2 Å². The lowest BCUT2D eigenvalue weighted by Gasteiger charge is -2.35. The molecule has 37 heavy (non-hydrogen) atoms. The summed E-state index contributed by atoms with van der Waals surface area (Å²) in [5.74, 6) is -0.766. The Bertz CT molecular complexity index is 1360. The lowest BCUT2D eigenvalue weighted by Crippen LogP contribution is -2.38. The molecule has 0 unspecified atom stereocenters. The average Bonchev–Trinajstić information content (AvgIpc) is 3.07. The number of ketones is 1. The van der Waals surface area contributed by atoms with E-state index < -0.39 is 12.0 Å². The van der Waals surface area contributed by atoms with Gasteiger partial charge in [0.15, 0.2) is 5.78 Å². The van der Waals surface area contributed by atoms with Crippen LogP contribution in [0, 0.1) is 0 Å². The molecule has 3 aromatic carbocycles. The molecule has 7 heteroatoms. The van der Waals surface area contributed by atoms with Crippen LogP contribution in [-0.2, 0) is 14.4 Å². The Kier molecular flexibility index (Phi) is 6.77. The molecule has 0 spiro atoms. The summed E-state index contributed by atoms with van der Waals surface area (Å²) in [6.45, 7) is 0. The molecular weight excluding hydrogens is 468 g/mol. The van der Waals surface area contributed by atoms with Gasteiger partial charge in [-0.3, -0.25) is 19.3 Å². The van der Waals surface area contributed by atoms with Crippen molar-refractivity contribution in [3.63, 3.8) is 0 Å². The molecule has 0 saturated heterocycles. The quantitative estimate of drug-likeness (QED) is 0.471. The van der Waals surface area contributed by atoms with Gasteiger partial charge in [-0.05, 0) is 47.7 Å². The van der Waals surface area contributed by atoms with Gasteiger partial charge in [0.05, 0.1) is 30.9 Å². The van der Waals surface area contributed by atoms with E-state index >= 15 is 0 Å². The molecule has 0 aromatic heterocycles. The number of hydrogen-bond donors (Lipinski definition) is 2. The van der Waals surface area contributed by atoms with E-state index in [0.29, 0.717) is 35.5 Å². The molecule has 1 heterocycles. The van der Waals surface area contributed by atoms with Crippen LogP contribution in [0.1, 0.15) is 48.8 Å². The van der Waals surface area contributed by atoms with Crippen molar-refractivity contribution in [3.05, 3.63) is 101 Å². The summed E-state index contributed by atoms with van der Waals surface area (Å²) in [6.07, 6.45) is 0.462. The topological polar surface area (TPSA) is 95.9 Å². The van der Waals surface area contributed by atoms with E-state index in [0.717, 1.165) is 16.8 Å². The third kappa shape index (κ3) is 4.85. The van der Waals surface area contributed by atoms with E-state index in [9.17, 15) is 19.5 Å². The molecule has 0 fully saturated rings. The normalized spacial score (nSPS) is 18.8. The van der Waals surface area contributed by atoms with Crippen LogP contribution in [0.15, 0.2) is 90.1 Å². The zero-order valence-electron chi connectivity index (χ0n) is 20.5. The first-order chi connectivity index (χ1) is 18.0. The fourth-order valence-electron chi connectivity index (χ4n) is 5.26. The average molecular weight is 497 g/mol. The Balaban J connectivity index is 1.68. The third-order valence-electron chi connectivity index (χ3n) is 7.01. The molecular formula is C30H28N2O5. The lowest BCUT2D eigenvalue weighted by molar-refractivity contribution is -0.138. The van der Waals surface area contributed by atoms with Crippen LogP contribution in [0.4, 0.5) is 11.4 Å². The molecule has 2 atom stereocenters. The smallest absolute Gasteiger partial charge is 0.303 e. The predicted octanol–water partition coefficient (Wildman–Crippen LogP) is 5.46. The Morgan fingerprint density at radius 1 is 0.919 bits per heavy atom. The van der Waals surface area contributed by atoms with Gasteiger partial charge in [0.1, 0.15) is 5.75 Å². The van der Waals surface area contributed by atoms with Crippen LogP contribution in [0.3, 0.4) is 0 Å². The number of allylic oxidation sites excluding steroid dienone is 1. The van der Waals surface area contributed by atoms with Gasteiger partial charge in [-0.25, -0.2) is 0 Å². The Morgan fingerprint density at radius 2 is 1.62 bits per heavy atom. The minimum absolute atomic E-state index is 0.0119. The Morgan fingerprint density at radius 3 is 2.32 bits per heavy atom. The number of carbonyl (C=O) groups excluding carboxylic acids is 2. The summed E-state index contributed by atoms with van der Waals surface area (Å²) >= 11 is 0. The highest BCUT2D eigenvalue weighted by atomic mass is 16.5. The molecule has 3 aromatic rings. The number of carboxylic acid groups (broad SMARTS) is 1. The molecule has 1 amide bonds. The highest BCUT2D eigenvalue weighted by molar-refractivity contribution is 6.06. The van der Waals surface area contributed by atoms with E-state index in [1.165, 1.54) is 0 Å². The number of amides is 1. The van der Waals surface area contributed by atoms with Gasteiger partial charge in [-0.15, -0.1) is 0 Å². The molecule has 0 radical (unpaired) electrons. The number of carboxylic acids is 1. The van der Waals surface area contributed by atoms with E-state index in [1.54, 1.807) is 24.1 Å². The number of fused-ring (bicyclic) bond motifs is 1. The largest absolute Gasteiger partial charge is 0.497 e. The summed E-state index contributed by atoms with van der Waals surface area (Å²) in [5.41, 5.74) is 4.48. The molecule has 1 aliphatic heterocycles. The zero-order chi connectivity index (χ0) is 25.9.